The Hall–Kier alpha value is -7.29. The van der Waals surface area contributed by atoms with Crippen LogP contribution in [0.3, 0.4) is 0 Å². The zero-order chi connectivity index (χ0) is 37.9. The van der Waals surface area contributed by atoms with E-state index in [1.165, 1.54) is 88.6 Å². The van der Waals surface area contributed by atoms with Crippen LogP contribution in [0.25, 0.3) is 66.8 Å². The fourth-order valence-corrected chi connectivity index (χ4v) is 10.5. The van der Waals surface area contributed by atoms with Gasteiger partial charge in [0.25, 0.3) is 13.4 Å². The average Bonchev–Trinajstić information content (AvgIpc) is 3.36. The van der Waals surface area contributed by atoms with Crippen LogP contribution in [0.4, 0.5) is 0 Å². The van der Waals surface area contributed by atoms with E-state index in [4.69, 9.17) is 9.47 Å². The van der Waals surface area contributed by atoms with Gasteiger partial charge in [0.1, 0.15) is 23.0 Å². The van der Waals surface area contributed by atoms with Gasteiger partial charge in [-0.25, -0.2) is 0 Å². The van der Waals surface area contributed by atoms with Crippen LogP contribution < -0.4 is 42.3 Å². The maximum atomic E-state index is 7.08. The molecule has 0 atom stereocenters. The summed E-state index contributed by atoms with van der Waals surface area (Å²) in [5.41, 5.74) is 21.8. The highest BCUT2D eigenvalue weighted by molar-refractivity contribution is 7.01. The first-order valence-electron chi connectivity index (χ1n) is 20.2. The van der Waals surface area contributed by atoms with Gasteiger partial charge in [-0.3, -0.25) is 0 Å². The predicted octanol–water partition coefficient (Wildman–Crippen LogP) is 9.56. The first kappa shape index (κ1) is 31.9. The minimum absolute atomic E-state index is 0.111. The second-order valence-electron chi connectivity index (χ2n) is 15.8. The quantitative estimate of drug-likeness (QED) is 0.145. The molecule has 0 aliphatic carbocycles. The molecule has 13 rings (SSSR count). The number of hydrogen-bond donors (Lipinski definition) is 0. The molecule has 0 N–H and O–H groups in total. The molecule has 0 amide bonds. The summed E-state index contributed by atoms with van der Waals surface area (Å²) in [4.78, 5) is 0. The summed E-state index contributed by atoms with van der Waals surface area (Å²) in [7, 11) is 0. The summed E-state index contributed by atoms with van der Waals surface area (Å²) in [5, 5.41) is 0. The van der Waals surface area contributed by atoms with Crippen molar-refractivity contribution in [2.24, 2.45) is 0 Å². The van der Waals surface area contributed by atoms with Crippen molar-refractivity contribution >= 4 is 46.2 Å². The summed E-state index contributed by atoms with van der Waals surface area (Å²) < 4.78 is 14.2. The highest BCUT2D eigenvalue weighted by atomic mass is 16.5. The van der Waals surface area contributed by atoms with Gasteiger partial charge < -0.3 is 9.47 Å². The SMILES string of the molecule is c1ccc2c(c1)B1c3cc4c(cc3Oc3cccc(c31)-c1ccccc1-c1ccccc1-2)Oc1cccc2c1B4c1ccccc1-c1ccccc1-c1ccccc1-2. The third-order valence-corrected chi connectivity index (χ3v) is 12.9. The predicted molar refractivity (Wildman–Crippen MR) is 241 cm³/mol. The Morgan fingerprint density at radius 3 is 0.897 bits per heavy atom. The van der Waals surface area contributed by atoms with E-state index in [-0.39, 0.29) is 13.4 Å². The molecule has 0 radical (unpaired) electrons. The first-order chi connectivity index (χ1) is 28.8. The maximum absolute atomic E-state index is 7.08. The lowest BCUT2D eigenvalue weighted by Gasteiger charge is -2.34. The van der Waals surface area contributed by atoms with Crippen molar-refractivity contribution in [3.05, 3.63) is 194 Å². The van der Waals surface area contributed by atoms with Gasteiger partial charge in [0.05, 0.1) is 0 Å². The molecule has 4 heterocycles. The van der Waals surface area contributed by atoms with Crippen molar-refractivity contribution in [3.63, 3.8) is 0 Å². The zero-order valence-corrected chi connectivity index (χ0v) is 31.4. The normalized spacial score (nSPS) is 13.0. The molecule has 4 aliphatic heterocycles. The van der Waals surface area contributed by atoms with E-state index < -0.39 is 0 Å². The van der Waals surface area contributed by atoms with Gasteiger partial charge in [-0.15, -0.1) is 0 Å². The highest BCUT2D eigenvalue weighted by Crippen LogP contribution is 2.44. The van der Waals surface area contributed by atoms with E-state index in [0.717, 1.165) is 33.9 Å². The van der Waals surface area contributed by atoms with Gasteiger partial charge in [0.15, 0.2) is 0 Å². The Kier molecular flexibility index (Phi) is 6.65. The molecule has 0 aromatic heterocycles. The summed E-state index contributed by atoms with van der Waals surface area (Å²) in [6, 6.07) is 71.2. The molecule has 9 aromatic carbocycles. The molecule has 0 saturated carbocycles. The Morgan fingerprint density at radius 2 is 0.517 bits per heavy atom. The van der Waals surface area contributed by atoms with Crippen LogP contribution in [0, 0.1) is 0 Å². The molecular formula is C54H32B2O2. The lowest BCUT2D eigenvalue weighted by Crippen LogP contribution is -2.60. The fourth-order valence-electron chi connectivity index (χ4n) is 10.5. The van der Waals surface area contributed by atoms with Crippen LogP contribution in [-0.2, 0) is 0 Å². The lowest BCUT2D eigenvalue weighted by molar-refractivity contribution is 0.466. The van der Waals surface area contributed by atoms with Crippen molar-refractivity contribution in [2.45, 2.75) is 0 Å². The van der Waals surface area contributed by atoms with Crippen LogP contribution in [0.2, 0.25) is 0 Å². The Balaban J connectivity index is 1.14. The molecule has 4 aliphatic rings. The third-order valence-electron chi connectivity index (χ3n) is 12.9. The van der Waals surface area contributed by atoms with Gasteiger partial charge >= 0.3 is 0 Å². The molecule has 9 aromatic rings. The molecule has 58 heavy (non-hydrogen) atoms. The lowest BCUT2D eigenvalue weighted by atomic mass is 9.31. The van der Waals surface area contributed by atoms with Gasteiger partial charge in [-0.1, -0.05) is 187 Å². The Labute approximate surface area is 338 Å². The van der Waals surface area contributed by atoms with Crippen LogP contribution in [-0.4, -0.2) is 13.4 Å². The summed E-state index contributed by atoms with van der Waals surface area (Å²) in [5.74, 6) is 3.42. The number of ether oxygens (including phenoxy) is 2. The molecule has 0 fully saturated rings. The molecular weight excluding hydrogens is 702 g/mol. The van der Waals surface area contributed by atoms with Gasteiger partial charge in [-0.2, -0.15) is 0 Å². The van der Waals surface area contributed by atoms with Gasteiger partial charge in [0.2, 0.25) is 0 Å². The largest absolute Gasteiger partial charge is 0.458 e. The van der Waals surface area contributed by atoms with Gasteiger partial charge in [0, 0.05) is 6.07 Å². The summed E-state index contributed by atoms with van der Waals surface area (Å²) in [6.07, 6.45) is 0. The van der Waals surface area contributed by atoms with E-state index in [2.05, 4.69) is 194 Å². The van der Waals surface area contributed by atoms with E-state index >= 15 is 0 Å². The van der Waals surface area contributed by atoms with Crippen molar-refractivity contribution in [2.75, 3.05) is 0 Å². The number of hydrogen-bond acceptors (Lipinski definition) is 2. The standard InChI is InChI=1S/C54H32B2O2/c1-5-19-37-33(15-1)35-17-3-7-21-39(35)43-25-13-29-49-53(43)55(45-27-11-9-23-41(37)45)47-31-48-52(32-51(47)57-49)58-50-30-14-26-44-40-22-8-4-18-36(40)34-16-2-6-20-38(34)42-24-10-12-28-46(42)56(48)54(44)50/h1-32H. The monoisotopic (exact) mass is 734 g/mol. The maximum Gasteiger partial charge on any atom is 0.252 e. The molecule has 266 valence electrons. The Morgan fingerprint density at radius 1 is 0.224 bits per heavy atom. The topological polar surface area (TPSA) is 18.5 Å². The molecule has 0 saturated heterocycles. The van der Waals surface area contributed by atoms with Crippen LogP contribution in [0.1, 0.15) is 0 Å². The number of fused-ring (bicyclic) bond motifs is 18. The molecule has 4 heteroatoms. The molecule has 0 unspecified atom stereocenters. The van der Waals surface area contributed by atoms with Crippen LogP contribution in [0.5, 0.6) is 23.0 Å². The van der Waals surface area contributed by atoms with Gasteiger partial charge in [-0.05, 0) is 101 Å². The summed E-state index contributed by atoms with van der Waals surface area (Å²) >= 11 is 0. The first-order valence-corrected chi connectivity index (χ1v) is 20.2. The third kappa shape index (κ3) is 4.40. The minimum Gasteiger partial charge on any atom is -0.458 e. The smallest absolute Gasteiger partial charge is 0.252 e. The molecule has 2 nitrogen and oxygen atoms in total. The highest BCUT2D eigenvalue weighted by Gasteiger charge is 2.43. The van der Waals surface area contributed by atoms with E-state index in [1.807, 2.05) is 0 Å². The van der Waals surface area contributed by atoms with Crippen LogP contribution in [0.15, 0.2) is 194 Å². The number of benzene rings is 9. The van der Waals surface area contributed by atoms with E-state index in [0.29, 0.717) is 0 Å². The second-order valence-corrected chi connectivity index (χ2v) is 15.8. The molecule has 0 bridgehead atoms. The van der Waals surface area contributed by atoms with Crippen molar-refractivity contribution in [1.29, 1.82) is 0 Å². The zero-order valence-electron chi connectivity index (χ0n) is 31.4. The van der Waals surface area contributed by atoms with Crippen molar-refractivity contribution in [1.82, 2.24) is 0 Å². The van der Waals surface area contributed by atoms with E-state index in [9.17, 15) is 0 Å². The molecule has 0 spiro atoms. The second kappa shape index (κ2) is 12.1. The average molecular weight is 734 g/mol. The van der Waals surface area contributed by atoms with Crippen molar-refractivity contribution in [3.8, 4) is 89.8 Å². The Bertz CT molecular complexity index is 3010. The summed E-state index contributed by atoms with van der Waals surface area (Å²) in [6.45, 7) is -0.222. The van der Waals surface area contributed by atoms with Crippen LogP contribution >= 0.6 is 0 Å². The number of rotatable bonds is 0. The fraction of sp³-hybridized carbons (Fsp3) is 0. The minimum atomic E-state index is -0.111. The van der Waals surface area contributed by atoms with E-state index in [1.54, 1.807) is 0 Å². The van der Waals surface area contributed by atoms with Crippen molar-refractivity contribution < 1.29 is 9.47 Å².